The molecular formula is C15H15ClN2O. The molecule has 1 aromatic carbocycles. The molecule has 0 atom stereocenters. The standard InChI is InChI=1S/C15H15ClN2O/c1-2-19-12-5-3-4-11(8-12)15-17-13(10-6-7-10)9-14(16)18-15/h3-5,8-10H,2,6-7H2,1H3. The Morgan fingerprint density at radius 2 is 2.11 bits per heavy atom. The Hall–Kier alpha value is -1.61. The van der Waals surface area contributed by atoms with Gasteiger partial charge in [0.1, 0.15) is 10.9 Å². The molecule has 0 N–H and O–H groups in total. The van der Waals surface area contributed by atoms with E-state index in [0.29, 0.717) is 23.5 Å². The first kappa shape index (κ1) is 12.4. The Bertz CT molecular complexity index is 596. The molecule has 1 aromatic heterocycles. The van der Waals surface area contributed by atoms with Crippen LogP contribution < -0.4 is 4.74 Å². The van der Waals surface area contributed by atoms with Crippen LogP contribution in [-0.2, 0) is 0 Å². The van der Waals surface area contributed by atoms with E-state index >= 15 is 0 Å². The number of hydrogen-bond acceptors (Lipinski definition) is 3. The number of benzene rings is 1. The first-order valence-corrected chi connectivity index (χ1v) is 6.92. The molecule has 19 heavy (non-hydrogen) atoms. The Kier molecular flexibility index (Phi) is 3.38. The van der Waals surface area contributed by atoms with Crippen LogP contribution in [0.25, 0.3) is 11.4 Å². The molecule has 1 aliphatic rings. The van der Waals surface area contributed by atoms with E-state index in [9.17, 15) is 0 Å². The maximum atomic E-state index is 6.09. The lowest BCUT2D eigenvalue weighted by Gasteiger charge is -2.07. The van der Waals surface area contributed by atoms with Gasteiger partial charge in [-0.05, 0) is 38.0 Å². The molecule has 0 saturated heterocycles. The fourth-order valence-electron chi connectivity index (χ4n) is 2.04. The fraction of sp³-hybridized carbons (Fsp3) is 0.333. The van der Waals surface area contributed by atoms with E-state index in [-0.39, 0.29) is 0 Å². The van der Waals surface area contributed by atoms with Gasteiger partial charge in [-0.2, -0.15) is 0 Å². The number of hydrogen-bond donors (Lipinski definition) is 0. The first-order valence-electron chi connectivity index (χ1n) is 6.54. The monoisotopic (exact) mass is 274 g/mol. The minimum Gasteiger partial charge on any atom is -0.494 e. The molecule has 0 bridgehead atoms. The summed E-state index contributed by atoms with van der Waals surface area (Å²) in [7, 11) is 0. The van der Waals surface area contributed by atoms with E-state index in [2.05, 4.69) is 9.97 Å². The highest BCUT2D eigenvalue weighted by atomic mass is 35.5. The highest BCUT2D eigenvalue weighted by Gasteiger charge is 2.26. The van der Waals surface area contributed by atoms with Crippen LogP contribution in [0.1, 0.15) is 31.4 Å². The second-order valence-electron chi connectivity index (χ2n) is 4.67. The number of ether oxygens (including phenoxy) is 1. The quantitative estimate of drug-likeness (QED) is 0.788. The van der Waals surface area contributed by atoms with E-state index in [1.165, 1.54) is 12.8 Å². The lowest BCUT2D eigenvalue weighted by molar-refractivity contribution is 0.340. The minimum absolute atomic E-state index is 0.508. The molecule has 2 aromatic rings. The van der Waals surface area contributed by atoms with Crippen molar-refractivity contribution >= 4 is 11.6 Å². The van der Waals surface area contributed by atoms with Crippen molar-refractivity contribution in [2.24, 2.45) is 0 Å². The number of aromatic nitrogens is 2. The van der Waals surface area contributed by atoms with Crippen molar-refractivity contribution in [3.63, 3.8) is 0 Å². The molecule has 0 radical (unpaired) electrons. The van der Waals surface area contributed by atoms with E-state index in [1.807, 2.05) is 37.3 Å². The van der Waals surface area contributed by atoms with Gasteiger partial charge in [0.05, 0.1) is 6.61 Å². The third-order valence-electron chi connectivity index (χ3n) is 3.11. The van der Waals surface area contributed by atoms with Gasteiger partial charge in [0.2, 0.25) is 0 Å². The van der Waals surface area contributed by atoms with Crippen LogP contribution in [0.4, 0.5) is 0 Å². The van der Waals surface area contributed by atoms with Gasteiger partial charge in [-0.1, -0.05) is 23.7 Å². The zero-order valence-corrected chi connectivity index (χ0v) is 11.5. The second kappa shape index (κ2) is 5.17. The van der Waals surface area contributed by atoms with Gasteiger partial charge in [-0.15, -0.1) is 0 Å². The van der Waals surface area contributed by atoms with Crippen molar-refractivity contribution in [2.45, 2.75) is 25.7 Å². The van der Waals surface area contributed by atoms with Crippen LogP contribution in [-0.4, -0.2) is 16.6 Å². The number of nitrogens with zero attached hydrogens (tertiary/aromatic N) is 2. The van der Waals surface area contributed by atoms with Gasteiger partial charge in [0.25, 0.3) is 0 Å². The van der Waals surface area contributed by atoms with Crippen molar-refractivity contribution in [3.8, 4) is 17.1 Å². The Morgan fingerprint density at radius 1 is 1.26 bits per heavy atom. The van der Waals surface area contributed by atoms with Crippen molar-refractivity contribution < 1.29 is 4.74 Å². The molecule has 0 unspecified atom stereocenters. The molecule has 4 heteroatoms. The zero-order valence-electron chi connectivity index (χ0n) is 10.8. The Morgan fingerprint density at radius 3 is 2.84 bits per heavy atom. The SMILES string of the molecule is CCOc1cccc(-c2nc(Cl)cc(C3CC3)n2)c1. The van der Waals surface area contributed by atoms with E-state index in [1.54, 1.807) is 0 Å². The van der Waals surface area contributed by atoms with Gasteiger partial charge < -0.3 is 4.74 Å². The Balaban J connectivity index is 1.98. The third-order valence-corrected chi connectivity index (χ3v) is 3.31. The summed E-state index contributed by atoms with van der Waals surface area (Å²) in [6.07, 6.45) is 2.40. The fourth-order valence-corrected chi connectivity index (χ4v) is 2.24. The minimum atomic E-state index is 0.508. The second-order valence-corrected chi connectivity index (χ2v) is 5.06. The summed E-state index contributed by atoms with van der Waals surface area (Å²) in [5.74, 6) is 2.07. The normalized spacial score (nSPS) is 14.4. The average molecular weight is 275 g/mol. The van der Waals surface area contributed by atoms with Gasteiger partial charge in [0.15, 0.2) is 5.82 Å². The smallest absolute Gasteiger partial charge is 0.161 e. The molecule has 1 saturated carbocycles. The van der Waals surface area contributed by atoms with E-state index in [4.69, 9.17) is 16.3 Å². The molecular weight excluding hydrogens is 260 g/mol. The first-order chi connectivity index (χ1) is 9.26. The predicted molar refractivity (Wildman–Crippen MR) is 75.6 cm³/mol. The van der Waals surface area contributed by atoms with Crippen molar-refractivity contribution in [3.05, 3.63) is 41.2 Å². The van der Waals surface area contributed by atoms with Crippen LogP contribution in [0.3, 0.4) is 0 Å². The van der Waals surface area contributed by atoms with E-state index in [0.717, 1.165) is 17.0 Å². The maximum absolute atomic E-state index is 6.09. The van der Waals surface area contributed by atoms with Crippen molar-refractivity contribution in [2.75, 3.05) is 6.61 Å². The summed E-state index contributed by atoms with van der Waals surface area (Å²) in [5.41, 5.74) is 1.99. The molecule has 0 spiro atoms. The summed E-state index contributed by atoms with van der Waals surface area (Å²) in [6.45, 7) is 2.61. The Labute approximate surface area is 117 Å². The number of halogens is 1. The molecule has 0 amide bonds. The molecule has 3 rings (SSSR count). The predicted octanol–water partition coefficient (Wildman–Crippen LogP) is 4.07. The highest BCUT2D eigenvalue weighted by molar-refractivity contribution is 6.29. The molecule has 3 nitrogen and oxygen atoms in total. The van der Waals surface area contributed by atoms with Gasteiger partial charge in [-0.3, -0.25) is 0 Å². The van der Waals surface area contributed by atoms with Crippen LogP contribution in [0.5, 0.6) is 5.75 Å². The summed E-state index contributed by atoms with van der Waals surface area (Å²) < 4.78 is 5.50. The van der Waals surface area contributed by atoms with E-state index < -0.39 is 0 Å². The molecule has 1 aliphatic carbocycles. The zero-order chi connectivity index (χ0) is 13.2. The maximum Gasteiger partial charge on any atom is 0.161 e. The summed E-state index contributed by atoms with van der Waals surface area (Å²) in [5, 5.41) is 0.508. The lowest BCUT2D eigenvalue weighted by atomic mass is 10.2. The lowest BCUT2D eigenvalue weighted by Crippen LogP contribution is -1.96. The van der Waals surface area contributed by atoms with Gasteiger partial charge in [0, 0.05) is 17.2 Å². The molecule has 1 heterocycles. The van der Waals surface area contributed by atoms with Gasteiger partial charge in [-0.25, -0.2) is 9.97 Å². The average Bonchev–Trinajstić information content (AvgIpc) is 3.23. The highest BCUT2D eigenvalue weighted by Crippen LogP contribution is 2.40. The summed E-state index contributed by atoms with van der Waals surface area (Å²) in [6, 6.07) is 9.67. The van der Waals surface area contributed by atoms with Crippen LogP contribution in [0.15, 0.2) is 30.3 Å². The molecule has 1 fully saturated rings. The summed E-state index contributed by atoms with van der Waals surface area (Å²) in [4.78, 5) is 8.93. The van der Waals surface area contributed by atoms with Crippen LogP contribution >= 0.6 is 11.6 Å². The van der Waals surface area contributed by atoms with Gasteiger partial charge >= 0.3 is 0 Å². The molecule has 98 valence electrons. The third kappa shape index (κ3) is 2.87. The largest absolute Gasteiger partial charge is 0.494 e. The molecule has 0 aliphatic heterocycles. The topological polar surface area (TPSA) is 35.0 Å². The van der Waals surface area contributed by atoms with Crippen molar-refractivity contribution in [1.82, 2.24) is 9.97 Å². The van der Waals surface area contributed by atoms with Crippen LogP contribution in [0.2, 0.25) is 5.15 Å². The van der Waals surface area contributed by atoms with Crippen molar-refractivity contribution in [1.29, 1.82) is 0 Å². The summed E-state index contributed by atoms with van der Waals surface area (Å²) >= 11 is 6.09. The number of rotatable bonds is 4. The van der Waals surface area contributed by atoms with Crippen LogP contribution in [0, 0.1) is 0 Å².